The zero-order valence-corrected chi connectivity index (χ0v) is 12.1. The number of benzene rings is 1. The SMILES string of the molecule is COc1cccc(C(C)NCCNC(=O)N(C)C)c1. The normalized spacial score (nSPS) is 11.8. The molecule has 0 aliphatic carbocycles. The Bertz CT molecular complexity index is 407. The highest BCUT2D eigenvalue weighted by Crippen LogP contribution is 2.18. The summed E-state index contributed by atoms with van der Waals surface area (Å²) < 4.78 is 5.20. The maximum absolute atomic E-state index is 11.3. The molecule has 5 nitrogen and oxygen atoms in total. The summed E-state index contributed by atoms with van der Waals surface area (Å²) in [5.74, 6) is 0.854. The van der Waals surface area contributed by atoms with Gasteiger partial charge in [-0.15, -0.1) is 0 Å². The number of urea groups is 1. The first-order chi connectivity index (χ1) is 9.04. The van der Waals surface area contributed by atoms with Gasteiger partial charge in [0.05, 0.1) is 7.11 Å². The predicted octanol–water partition coefficient (Wildman–Crippen LogP) is 1.62. The van der Waals surface area contributed by atoms with E-state index in [1.165, 1.54) is 10.5 Å². The first-order valence-electron chi connectivity index (χ1n) is 6.37. The first-order valence-corrected chi connectivity index (χ1v) is 6.37. The van der Waals surface area contributed by atoms with Crippen LogP contribution in [0.15, 0.2) is 24.3 Å². The maximum atomic E-state index is 11.3. The molecule has 5 heteroatoms. The van der Waals surface area contributed by atoms with Crippen LogP contribution in [0.1, 0.15) is 18.5 Å². The molecule has 19 heavy (non-hydrogen) atoms. The van der Waals surface area contributed by atoms with Gasteiger partial charge in [-0.2, -0.15) is 0 Å². The van der Waals surface area contributed by atoms with Crippen LogP contribution in [0.3, 0.4) is 0 Å². The van der Waals surface area contributed by atoms with Crippen molar-refractivity contribution < 1.29 is 9.53 Å². The lowest BCUT2D eigenvalue weighted by atomic mass is 10.1. The number of rotatable bonds is 6. The van der Waals surface area contributed by atoms with Crippen molar-refractivity contribution >= 4 is 6.03 Å². The van der Waals surface area contributed by atoms with Crippen LogP contribution < -0.4 is 15.4 Å². The minimum absolute atomic E-state index is 0.0733. The van der Waals surface area contributed by atoms with E-state index in [-0.39, 0.29) is 12.1 Å². The van der Waals surface area contributed by atoms with Gasteiger partial charge in [-0.3, -0.25) is 0 Å². The Kier molecular flexibility index (Phi) is 6.15. The number of nitrogens with one attached hydrogen (secondary N) is 2. The summed E-state index contributed by atoms with van der Waals surface area (Å²) in [6, 6.07) is 8.10. The van der Waals surface area contributed by atoms with Crippen molar-refractivity contribution in [3.63, 3.8) is 0 Å². The highest BCUT2D eigenvalue weighted by Gasteiger charge is 2.06. The van der Waals surface area contributed by atoms with Crippen molar-refractivity contribution in [1.29, 1.82) is 0 Å². The fraction of sp³-hybridized carbons (Fsp3) is 0.500. The maximum Gasteiger partial charge on any atom is 0.316 e. The monoisotopic (exact) mass is 265 g/mol. The minimum Gasteiger partial charge on any atom is -0.497 e. The van der Waals surface area contributed by atoms with Crippen LogP contribution in [0, 0.1) is 0 Å². The third-order valence-corrected chi connectivity index (χ3v) is 2.85. The average molecular weight is 265 g/mol. The van der Waals surface area contributed by atoms with E-state index in [1.54, 1.807) is 21.2 Å². The molecular weight excluding hydrogens is 242 g/mol. The van der Waals surface area contributed by atoms with E-state index in [0.29, 0.717) is 6.54 Å². The largest absolute Gasteiger partial charge is 0.497 e. The van der Waals surface area contributed by atoms with Crippen molar-refractivity contribution in [2.24, 2.45) is 0 Å². The number of nitrogens with zero attached hydrogens (tertiary/aromatic N) is 1. The molecule has 0 spiro atoms. The number of carbonyl (C=O) groups excluding carboxylic acids is 1. The van der Waals surface area contributed by atoms with Crippen molar-refractivity contribution in [2.45, 2.75) is 13.0 Å². The van der Waals surface area contributed by atoms with Crippen LogP contribution in [0.2, 0.25) is 0 Å². The van der Waals surface area contributed by atoms with Crippen LogP contribution in [-0.2, 0) is 0 Å². The predicted molar refractivity (Wildman–Crippen MR) is 76.5 cm³/mol. The van der Waals surface area contributed by atoms with E-state index in [1.807, 2.05) is 18.2 Å². The Hall–Kier alpha value is -1.75. The molecule has 1 unspecified atom stereocenters. The summed E-state index contributed by atoms with van der Waals surface area (Å²) in [7, 11) is 5.11. The lowest BCUT2D eigenvalue weighted by Crippen LogP contribution is -2.38. The second-order valence-corrected chi connectivity index (χ2v) is 4.58. The number of ether oxygens (including phenoxy) is 1. The van der Waals surface area contributed by atoms with Crippen LogP contribution >= 0.6 is 0 Å². The summed E-state index contributed by atoms with van der Waals surface area (Å²) in [6.45, 7) is 3.41. The highest BCUT2D eigenvalue weighted by molar-refractivity contribution is 5.73. The summed E-state index contributed by atoms with van der Waals surface area (Å²) in [5, 5.41) is 6.17. The second-order valence-electron chi connectivity index (χ2n) is 4.58. The number of hydrogen-bond donors (Lipinski definition) is 2. The molecule has 0 aromatic heterocycles. The zero-order chi connectivity index (χ0) is 14.3. The van der Waals surface area contributed by atoms with E-state index in [4.69, 9.17) is 4.74 Å². The lowest BCUT2D eigenvalue weighted by Gasteiger charge is -2.16. The summed E-state index contributed by atoms with van der Waals surface area (Å²) in [5.41, 5.74) is 1.17. The van der Waals surface area contributed by atoms with Crippen molar-refractivity contribution in [1.82, 2.24) is 15.5 Å². The number of methoxy groups -OCH3 is 1. The van der Waals surface area contributed by atoms with Gasteiger partial charge in [-0.25, -0.2) is 4.79 Å². The van der Waals surface area contributed by atoms with Crippen LogP contribution in [0.5, 0.6) is 5.75 Å². The molecule has 0 saturated carbocycles. The van der Waals surface area contributed by atoms with E-state index < -0.39 is 0 Å². The van der Waals surface area contributed by atoms with Gasteiger partial charge in [0.25, 0.3) is 0 Å². The molecule has 0 radical (unpaired) electrons. The van der Waals surface area contributed by atoms with Gasteiger partial charge in [0, 0.05) is 33.2 Å². The Morgan fingerprint density at radius 2 is 2.11 bits per heavy atom. The van der Waals surface area contributed by atoms with E-state index in [2.05, 4.69) is 23.6 Å². The second kappa shape index (κ2) is 7.63. The minimum atomic E-state index is -0.0733. The Balaban J connectivity index is 2.34. The molecule has 0 heterocycles. The standard InChI is InChI=1S/C14H23N3O2/c1-11(12-6-5-7-13(10-12)19-4)15-8-9-16-14(18)17(2)3/h5-7,10-11,15H,8-9H2,1-4H3,(H,16,18). The molecular formula is C14H23N3O2. The summed E-state index contributed by atoms with van der Waals surface area (Å²) in [4.78, 5) is 12.8. The fourth-order valence-electron chi connectivity index (χ4n) is 1.64. The van der Waals surface area contributed by atoms with Gasteiger partial charge in [-0.05, 0) is 24.6 Å². The van der Waals surface area contributed by atoms with Crippen LogP contribution in [0.25, 0.3) is 0 Å². The number of amides is 2. The molecule has 106 valence electrons. The molecule has 0 fully saturated rings. The Morgan fingerprint density at radius 1 is 1.37 bits per heavy atom. The molecule has 1 rings (SSSR count). The quantitative estimate of drug-likeness (QED) is 0.768. The molecule has 2 amide bonds. The van der Waals surface area contributed by atoms with Gasteiger partial charge in [0.15, 0.2) is 0 Å². The Morgan fingerprint density at radius 3 is 2.74 bits per heavy atom. The van der Waals surface area contributed by atoms with Gasteiger partial charge in [-0.1, -0.05) is 12.1 Å². The topological polar surface area (TPSA) is 53.6 Å². The molecule has 0 saturated heterocycles. The van der Waals surface area contributed by atoms with Gasteiger partial charge < -0.3 is 20.3 Å². The smallest absolute Gasteiger partial charge is 0.316 e. The highest BCUT2D eigenvalue weighted by atomic mass is 16.5. The van der Waals surface area contributed by atoms with Crippen molar-refractivity contribution in [2.75, 3.05) is 34.3 Å². The molecule has 0 aliphatic rings. The van der Waals surface area contributed by atoms with E-state index in [9.17, 15) is 4.79 Å². The van der Waals surface area contributed by atoms with E-state index in [0.717, 1.165) is 12.3 Å². The lowest BCUT2D eigenvalue weighted by molar-refractivity contribution is 0.217. The summed E-state index contributed by atoms with van der Waals surface area (Å²) in [6.07, 6.45) is 0. The molecule has 1 atom stereocenters. The van der Waals surface area contributed by atoms with Crippen LogP contribution in [0.4, 0.5) is 4.79 Å². The fourth-order valence-corrected chi connectivity index (χ4v) is 1.64. The molecule has 1 aromatic rings. The number of carbonyl (C=O) groups is 1. The van der Waals surface area contributed by atoms with Gasteiger partial charge in [0.2, 0.25) is 0 Å². The average Bonchev–Trinajstić information content (AvgIpc) is 2.42. The zero-order valence-electron chi connectivity index (χ0n) is 12.1. The third-order valence-electron chi connectivity index (χ3n) is 2.85. The van der Waals surface area contributed by atoms with Crippen molar-refractivity contribution in [3.05, 3.63) is 29.8 Å². The third kappa shape index (κ3) is 5.18. The summed E-state index contributed by atoms with van der Waals surface area (Å²) >= 11 is 0. The molecule has 0 aliphatic heterocycles. The van der Waals surface area contributed by atoms with Crippen LogP contribution in [-0.4, -0.2) is 45.2 Å². The van der Waals surface area contributed by atoms with E-state index >= 15 is 0 Å². The van der Waals surface area contributed by atoms with Gasteiger partial charge in [0.1, 0.15) is 5.75 Å². The molecule has 1 aromatic carbocycles. The molecule has 2 N–H and O–H groups in total. The van der Waals surface area contributed by atoms with Crippen molar-refractivity contribution in [3.8, 4) is 5.75 Å². The Labute approximate surface area is 114 Å². The first kappa shape index (κ1) is 15.3. The van der Waals surface area contributed by atoms with Gasteiger partial charge >= 0.3 is 6.03 Å². The number of hydrogen-bond acceptors (Lipinski definition) is 3. The molecule has 0 bridgehead atoms.